The van der Waals surface area contributed by atoms with Crippen LogP contribution in [0.3, 0.4) is 0 Å². The zero-order chi connectivity index (χ0) is 16.1. The summed E-state index contributed by atoms with van der Waals surface area (Å²) in [7, 11) is -2.94. The molecule has 0 aromatic heterocycles. The molecule has 0 amide bonds. The lowest BCUT2D eigenvalue weighted by atomic mass is 10.0. The van der Waals surface area contributed by atoms with Crippen LogP contribution < -0.4 is 11.1 Å². The molecule has 0 saturated heterocycles. The molecule has 3 N–H and O–H groups in total. The van der Waals surface area contributed by atoms with Crippen molar-refractivity contribution in [3.05, 3.63) is 0 Å². The van der Waals surface area contributed by atoms with E-state index < -0.39 is 9.84 Å². The number of hydrogen-bond donors (Lipinski definition) is 2. The van der Waals surface area contributed by atoms with Crippen molar-refractivity contribution in [1.82, 2.24) is 5.32 Å². The molecular weight excluding hydrogens is 413 g/mol. The second kappa shape index (κ2) is 9.30. The van der Waals surface area contributed by atoms with Crippen LogP contribution >= 0.6 is 24.0 Å². The summed E-state index contributed by atoms with van der Waals surface area (Å²) in [5.41, 5.74) is 5.74. The summed E-state index contributed by atoms with van der Waals surface area (Å²) in [6.07, 6.45) is 6.62. The van der Waals surface area contributed by atoms with Gasteiger partial charge in [-0.05, 0) is 32.1 Å². The highest BCUT2D eigenvalue weighted by Gasteiger charge is 2.45. The Labute approximate surface area is 152 Å². The van der Waals surface area contributed by atoms with Gasteiger partial charge in [0, 0.05) is 24.3 Å². The summed E-state index contributed by atoms with van der Waals surface area (Å²) in [5.74, 6) is 1.39. The average Bonchev–Trinajstić information content (AvgIpc) is 3.04. The van der Waals surface area contributed by atoms with E-state index >= 15 is 0 Å². The maximum absolute atomic E-state index is 11.4. The number of nitrogens with one attached hydrogen (secondary N) is 1. The molecular formula is C15H32IN3O2S. The highest BCUT2D eigenvalue weighted by Crippen LogP contribution is 2.46. The Morgan fingerprint density at radius 3 is 2.32 bits per heavy atom. The molecule has 0 spiro atoms. The van der Waals surface area contributed by atoms with Gasteiger partial charge in [0.25, 0.3) is 0 Å². The van der Waals surface area contributed by atoms with Crippen LogP contribution in [0.1, 0.15) is 52.9 Å². The summed E-state index contributed by atoms with van der Waals surface area (Å²) in [5, 5.41) is 3.20. The van der Waals surface area contributed by atoms with E-state index in [4.69, 9.17) is 5.73 Å². The Hall–Kier alpha value is -0.0500. The van der Waals surface area contributed by atoms with Crippen LogP contribution in [0.25, 0.3) is 0 Å². The second-order valence-corrected chi connectivity index (χ2v) is 9.28. The Balaban J connectivity index is 0.00000441. The third kappa shape index (κ3) is 9.86. The maximum atomic E-state index is 11.4. The lowest BCUT2D eigenvalue weighted by Gasteiger charge is -2.16. The lowest BCUT2D eigenvalue weighted by Crippen LogP contribution is -2.39. The molecule has 1 fully saturated rings. The Kier molecular flexibility index (Phi) is 9.27. The summed E-state index contributed by atoms with van der Waals surface area (Å²) in [6.45, 7) is 7.07. The Morgan fingerprint density at radius 2 is 1.86 bits per heavy atom. The summed E-state index contributed by atoms with van der Waals surface area (Å²) in [6, 6.07) is 0.303. The van der Waals surface area contributed by atoms with E-state index in [0.29, 0.717) is 18.5 Å². The van der Waals surface area contributed by atoms with Crippen molar-refractivity contribution in [3.8, 4) is 0 Å². The molecule has 22 heavy (non-hydrogen) atoms. The van der Waals surface area contributed by atoms with Crippen molar-refractivity contribution in [2.75, 3.05) is 18.6 Å². The number of rotatable bonds is 9. The molecule has 1 aliphatic carbocycles. The molecule has 0 aromatic carbocycles. The number of aliphatic imine (C=N–C) groups is 1. The smallest absolute Gasteiger partial charge is 0.188 e. The zero-order valence-electron chi connectivity index (χ0n) is 14.3. The van der Waals surface area contributed by atoms with Crippen LogP contribution in [0.15, 0.2) is 4.99 Å². The summed E-state index contributed by atoms with van der Waals surface area (Å²) < 4.78 is 22.8. The van der Waals surface area contributed by atoms with Gasteiger partial charge in [0.05, 0.1) is 5.75 Å². The predicted octanol–water partition coefficient (Wildman–Crippen LogP) is 2.55. The van der Waals surface area contributed by atoms with Gasteiger partial charge in [-0.25, -0.2) is 8.42 Å². The molecule has 132 valence electrons. The first kappa shape index (κ1) is 21.9. The van der Waals surface area contributed by atoms with E-state index in [9.17, 15) is 8.42 Å². The SMILES string of the molecule is CC(C)CCCC(C)NC(N)=NCC1(CS(C)(=O)=O)CC1.I. The highest BCUT2D eigenvalue weighted by atomic mass is 127. The third-order valence-corrected chi connectivity index (χ3v) is 5.06. The number of hydrogen-bond acceptors (Lipinski definition) is 3. The van der Waals surface area contributed by atoms with Crippen LogP contribution in [0.2, 0.25) is 0 Å². The molecule has 1 aliphatic rings. The van der Waals surface area contributed by atoms with E-state index in [1.165, 1.54) is 19.1 Å². The first-order valence-electron chi connectivity index (χ1n) is 7.86. The zero-order valence-corrected chi connectivity index (χ0v) is 17.4. The van der Waals surface area contributed by atoms with Gasteiger partial charge in [0.2, 0.25) is 0 Å². The van der Waals surface area contributed by atoms with Gasteiger partial charge < -0.3 is 11.1 Å². The molecule has 1 unspecified atom stereocenters. The van der Waals surface area contributed by atoms with Crippen LogP contribution in [0, 0.1) is 11.3 Å². The highest BCUT2D eigenvalue weighted by molar-refractivity contribution is 14.0. The van der Waals surface area contributed by atoms with E-state index in [1.54, 1.807) is 0 Å². The van der Waals surface area contributed by atoms with Gasteiger partial charge in [-0.1, -0.05) is 26.7 Å². The van der Waals surface area contributed by atoms with Crippen LogP contribution in [-0.2, 0) is 9.84 Å². The number of sulfone groups is 1. The first-order chi connectivity index (χ1) is 9.62. The van der Waals surface area contributed by atoms with Crippen LogP contribution in [-0.4, -0.2) is 39.0 Å². The maximum Gasteiger partial charge on any atom is 0.188 e. The van der Waals surface area contributed by atoms with Crippen molar-refractivity contribution in [3.63, 3.8) is 0 Å². The third-order valence-electron chi connectivity index (χ3n) is 3.92. The fourth-order valence-corrected chi connectivity index (χ4v) is 4.03. The van der Waals surface area contributed by atoms with Gasteiger partial charge in [-0.15, -0.1) is 24.0 Å². The number of nitrogens with two attached hydrogens (primary N) is 1. The molecule has 1 rings (SSSR count). The first-order valence-corrected chi connectivity index (χ1v) is 9.92. The van der Waals surface area contributed by atoms with Crippen molar-refractivity contribution >= 4 is 39.8 Å². The molecule has 0 bridgehead atoms. The fourth-order valence-electron chi connectivity index (χ4n) is 2.54. The monoisotopic (exact) mass is 445 g/mol. The molecule has 1 atom stereocenters. The Bertz CT molecular complexity index is 459. The van der Waals surface area contributed by atoms with Crippen LogP contribution in [0.5, 0.6) is 0 Å². The van der Waals surface area contributed by atoms with Crippen molar-refractivity contribution < 1.29 is 8.42 Å². The molecule has 0 heterocycles. The van der Waals surface area contributed by atoms with Crippen LogP contribution in [0.4, 0.5) is 0 Å². The van der Waals surface area contributed by atoms with E-state index in [2.05, 4.69) is 31.1 Å². The molecule has 0 aliphatic heterocycles. The largest absolute Gasteiger partial charge is 0.370 e. The minimum Gasteiger partial charge on any atom is -0.370 e. The molecule has 0 aromatic rings. The predicted molar refractivity (Wildman–Crippen MR) is 105 cm³/mol. The lowest BCUT2D eigenvalue weighted by molar-refractivity contribution is 0.492. The van der Waals surface area contributed by atoms with Crippen molar-refractivity contribution in [1.29, 1.82) is 0 Å². The fraction of sp³-hybridized carbons (Fsp3) is 0.933. The van der Waals surface area contributed by atoms with Gasteiger partial charge in [-0.3, -0.25) is 4.99 Å². The standard InChI is InChI=1S/C15H31N3O2S.HI/c1-12(2)6-5-7-13(3)18-14(16)17-10-15(8-9-15)11-21(4,19)20;/h12-13H,5-11H2,1-4H3,(H3,16,17,18);1H. The number of nitrogens with zero attached hydrogens (tertiary/aromatic N) is 1. The number of guanidine groups is 1. The minimum atomic E-state index is -2.94. The van der Waals surface area contributed by atoms with Gasteiger partial charge in [-0.2, -0.15) is 0 Å². The average molecular weight is 445 g/mol. The van der Waals surface area contributed by atoms with Gasteiger partial charge in [0.1, 0.15) is 9.84 Å². The molecule has 5 nitrogen and oxygen atoms in total. The minimum absolute atomic E-state index is 0. The van der Waals surface area contributed by atoms with Gasteiger partial charge in [0.15, 0.2) is 5.96 Å². The molecule has 0 radical (unpaired) electrons. The van der Waals surface area contributed by atoms with Crippen molar-refractivity contribution in [2.24, 2.45) is 22.1 Å². The molecule has 1 saturated carbocycles. The van der Waals surface area contributed by atoms with E-state index in [-0.39, 0.29) is 35.1 Å². The van der Waals surface area contributed by atoms with Crippen molar-refractivity contribution in [2.45, 2.75) is 58.9 Å². The van der Waals surface area contributed by atoms with Gasteiger partial charge >= 0.3 is 0 Å². The van der Waals surface area contributed by atoms with E-state index in [1.807, 2.05) is 0 Å². The van der Waals surface area contributed by atoms with E-state index in [0.717, 1.165) is 25.2 Å². The quantitative estimate of drug-likeness (QED) is 0.325. The summed E-state index contributed by atoms with van der Waals surface area (Å²) in [4.78, 5) is 4.34. The number of halogens is 1. The molecule has 7 heteroatoms. The Morgan fingerprint density at radius 1 is 1.27 bits per heavy atom. The second-order valence-electron chi connectivity index (χ2n) is 7.14. The topological polar surface area (TPSA) is 84.5 Å². The normalized spacial score (nSPS) is 18.7. The summed E-state index contributed by atoms with van der Waals surface area (Å²) >= 11 is 0.